The molecule has 0 N–H and O–H groups in total. The van der Waals surface area contributed by atoms with E-state index in [1.807, 2.05) is 42.2 Å². The van der Waals surface area contributed by atoms with Gasteiger partial charge in [-0.15, -0.1) is 10.2 Å². The second kappa shape index (κ2) is 7.29. The molecule has 2 saturated heterocycles. The molecule has 3 aliphatic rings. The average molecular weight is 447 g/mol. The van der Waals surface area contributed by atoms with E-state index in [1.165, 1.54) is 0 Å². The molecule has 0 bridgehead atoms. The highest BCUT2D eigenvalue weighted by Crippen LogP contribution is 2.41. The van der Waals surface area contributed by atoms with Gasteiger partial charge >= 0.3 is 0 Å². The lowest BCUT2D eigenvalue weighted by Crippen LogP contribution is -2.67. The van der Waals surface area contributed by atoms with Gasteiger partial charge in [0.2, 0.25) is 5.91 Å². The number of amides is 1. The van der Waals surface area contributed by atoms with Crippen LogP contribution < -0.4 is 0 Å². The van der Waals surface area contributed by atoms with Crippen molar-refractivity contribution in [1.82, 2.24) is 19.7 Å². The SMILES string of the molecule is Cc1nnc2n1-c1ccccc1C(c1cccc(Cl)c1)=CC2CC(=O)N1CC2(COC2)C1. The van der Waals surface area contributed by atoms with Crippen LogP contribution in [-0.2, 0) is 9.53 Å². The topological polar surface area (TPSA) is 60.2 Å². The number of hydrogen-bond donors (Lipinski definition) is 0. The van der Waals surface area contributed by atoms with Gasteiger partial charge in [-0.05, 0) is 36.3 Å². The zero-order chi connectivity index (χ0) is 21.9. The van der Waals surface area contributed by atoms with E-state index in [-0.39, 0.29) is 17.2 Å². The fraction of sp³-hybridized carbons (Fsp3) is 0.320. The smallest absolute Gasteiger partial charge is 0.223 e. The summed E-state index contributed by atoms with van der Waals surface area (Å²) in [6, 6.07) is 16.1. The maximum Gasteiger partial charge on any atom is 0.223 e. The van der Waals surface area contributed by atoms with Gasteiger partial charge in [0.05, 0.1) is 24.3 Å². The Morgan fingerprint density at radius 2 is 1.97 bits per heavy atom. The molecule has 0 aliphatic carbocycles. The van der Waals surface area contributed by atoms with E-state index in [0.717, 1.165) is 60.3 Å². The fourth-order valence-electron chi connectivity index (χ4n) is 5.07. The highest BCUT2D eigenvalue weighted by molar-refractivity contribution is 6.30. The first-order valence-corrected chi connectivity index (χ1v) is 11.3. The van der Waals surface area contributed by atoms with Crippen molar-refractivity contribution in [3.05, 3.63) is 82.4 Å². The molecule has 6 rings (SSSR count). The lowest BCUT2D eigenvalue weighted by Gasteiger charge is -2.55. The lowest BCUT2D eigenvalue weighted by molar-refractivity contribution is -0.195. The number of benzene rings is 2. The molecule has 2 aromatic carbocycles. The number of ether oxygens (including phenoxy) is 1. The Kier molecular flexibility index (Phi) is 4.49. The second-order valence-corrected chi connectivity index (χ2v) is 9.54. The number of likely N-dealkylation sites (tertiary alicyclic amines) is 1. The Hall–Kier alpha value is -2.96. The molecule has 7 heteroatoms. The third-order valence-electron chi connectivity index (χ3n) is 6.74. The van der Waals surface area contributed by atoms with Crippen LogP contribution in [0.5, 0.6) is 0 Å². The number of para-hydroxylation sites is 1. The van der Waals surface area contributed by atoms with E-state index >= 15 is 0 Å². The van der Waals surface area contributed by atoms with Crippen LogP contribution in [0.4, 0.5) is 0 Å². The summed E-state index contributed by atoms with van der Waals surface area (Å²) in [5.41, 5.74) is 4.36. The normalized spacial score (nSPS) is 20.5. The molecule has 1 amide bonds. The number of aryl methyl sites for hydroxylation is 1. The van der Waals surface area contributed by atoms with Crippen molar-refractivity contribution in [3.63, 3.8) is 0 Å². The van der Waals surface area contributed by atoms with Gasteiger partial charge in [-0.3, -0.25) is 9.36 Å². The van der Waals surface area contributed by atoms with Gasteiger partial charge in [-0.2, -0.15) is 0 Å². The summed E-state index contributed by atoms with van der Waals surface area (Å²) >= 11 is 6.33. The van der Waals surface area contributed by atoms with Crippen LogP contribution in [0, 0.1) is 12.3 Å². The Labute approximate surface area is 191 Å². The first-order chi connectivity index (χ1) is 15.5. The Bertz CT molecular complexity index is 1250. The minimum Gasteiger partial charge on any atom is -0.380 e. The Balaban J connectivity index is 1.43. The summed E-state index contributed by atoms with van der Waals surface area (Å²) in [6.45, 7) is 5.06. The van der Waals surface area contributed by atoms with E-state index in [2.05, 4.69) is 39.0 Å². The largest absolute Gasteiger partial charge is 0.380 e. The molecule has 2 fully saturated rings. The van der Waals surface area contributed by atoms with Crippen molar-refractivity contribution < 1.29 is 9.53 Å². The van der Waals surface area contributed by atoms with Gasteiger partial charge in [0.25, 0.3) is 0 Å². The van der Waals surface area contributed by atoms with E-state index < -0.39 is 0 Å². The molecule has 32 heavy (non-hydrogen) atoms. The second-order valence-electron chi connectivity index (χ2n) is 9.10. The molecule has 1 spiro atoms. The quantitative estimate of drug-likeness (QED) is 0.610. The summed E-state index contributed by atoms with van der Waals surface area (Å²) in [4.78, 5) is 15.1. The maximum absolute atomic E-state index is 13.2. The number of aromatic nitrogens is 3. The monoisotopic (exact) mass is 446 g/mol. The van der Waals surface area contributed by atoms with Crippen LogP contribution in [0.25, 0.3) is 11.3 Å². The van der Waals surface area contributed by atoms with E-state index in [0.29, 0.717) is 11.4 Å². The number of hydrogen-bond acceptors (Lipinski definition) is 4. The maximum atomic E-state index is 13.2. The summed E-state index contributed by atoms with van der Waals surface area (Å²) in [6.07, 6.45) is 2.52. The van der Waals surface area contributed by atoms with Crippen LogP contribution in [-0.4, -0.2) is 51.9 Å². The van der Waals surface area contributed by atoms with Crippen LogP contribution in [0.15, 0.2) is 54.6 Å². The zero-order valence-corrected chi connectivity index (χ0v) is 18.5. The number of allylic oxidation sites excluding steroid dienone is 1. The summed E-state index contributed by atoms with van der Waals surface area (Å²) < 4.78 is 7.43. The molecule has 1 atom stereocenters. The molecule has 4 heterocycles. The predicted octanol–water partition coefficient (Wildman–Crippen LogP) is 4.01. The molecule has 3 aromatic rings. The molecule has 0 saturated carbocycles. The van der Waals surface area contributed by atoms with Crippen molar-refractivity contribution >= 4 is 23.1 Å². The van der Waals surface area contributed by atoms with Gasteiger partial charge < -0.3 is 9.64 Å². The molecule has 1 aromatic heterocycles. The first-order valence-electron chi connectivity index (χ1n) is 10.9. The van der Waals surface area contributed by atoms with Crippen LogP contribution in [0.1, 0.15) is 35.1 Å². The number of halogens is 1. The molecular formula is C25H23ClN4O2. The minimum atomic E-state index is -0.195. The highest BCUT2D eigenvalue weighted by atomic mass is 35.5. The number of nitrogens with zero attached hydrogens (tertiary/aromatic N) is 4. The van der Waals surface area contributed by atoms with Crippen molar-refractivity contribution in [2.75, 3.05) is 26.3 Å². The third-order valence-corrected chi connectivity index (χ3v) is 6.97. The number of fused-ring (bicyclic) bond motifs is 3. The van der Waals surface area contributed by atoms with Crippen molar-refractivity contribution in [3.8, 4) is 5.69 Å². The van der Waals surface area contributed by atoms with E-state index in [9.17, 15) is 4.79 Å². The molecule has 0 radical (unpaired) electrons. The molecule has 162 valence electrons. The molecule has 3 aliphatic heterocycles. The predicted molar refractivity (Wildman–Crippen MR) is 122 cm³/mol. The summed E-state index contributed by atoms with van der Waals surface area (Å²) in [5, 5.41) is 9.54. The van der Waals surface area contributed by atoms with E-state index in [1.54, 1.807) is 0 Å². The minimum absolute atomic E-state index is 0.146. The highest BCUT2D eigenvalue weighted by Gasteiger charge is 2.50. The Morgan fingerprint density at radius 3 is 2.72 bits per heavy atom. The van der Waals surface area contributed by atoms with Gasteiger partial charge in [0.15, 0.2) is 0 Å². The van der Waals surface area contributed by atoms with Gasteiger partial charge in [0, 0.05) is 36.0 Å². The van der Waals surface area contributed by atoms with Gasteiger partial charge in [-0.1, -0.05) is 48.0 Å². The van der Waals surface area contributed by atoms with Crippen LogP contribution in [0.2, 0.25) is 5.02 Å². The van der Waals surface area contributed by atoms with Gasteiger partial charge in [0.1, 0.15) is 11.6 Å². The van der Waals surface area contributed by atoms with Crippen LogP contribution in [0.3, 0.4) is 0 Å². The number of carbonyl (C=O) groups excluding carboxylic acids is 1. The van der Waals surface area contributed by atoms with Crippen molar-refractivity contribution in [2.45, 2.75) is 19.3 Å². The first kappa shape index (κ1) is 19.7. The van der Waals surface area contributed by atoms with Crippen LogP contribution >= 0.6 is 11.6 Å². The summed E-state index contributed by atoms with van der Waals surface area (Å²) in [7, 11) is 0. The standard InChI is InChI=1S/C25H23ClN4O2/c1-16-27-28-24-18(11-23(31)29-12-25(13-29)14-32-15-25)10-21(17-5-4-6-19(26)9-17)20-7-2-3-8-22(20)30(16)24/h2-10,18H,11-15H2,1H3. The zero-order valence-electron chi connectivity index (χ0n) is 17.8. The molecular weight excluding hydrogens is 424 g/mol. The van der Waals surface area contributed by atoms with Crippen molar-refractivity contribution in [2.24, 2.45) is 5.41 Å². The van der Waals surface area contributed by atoms with Crippen molar-refractivity contribution in [1.29, 1.82) is 0 Å². The number of rotatable bonds is 3. The average Bonchev–Trinajstić information content (AvgIpc) is 3.03. The third kappa shape index (κ3) is 3.09. The van der Waals surface area contributed by atoms with E-state index in [4.69, 9.17) is 16.3 Å². The molecule has 6 nitrogen and oxygen atoms in total. The fourth-order valence-corrected chi connectivity index (χ4v) is 5.26. The number of carbonyl (C=O) groups is 1. The Morgan fingerprint density at radius 1 is 1.16 bits per heavy atom. The van der Waals surface area contributed by atoms with Gasteiger partial charge in [-0.25, -0.2) is 0 Å². The summed E-state index contributed by atoms with van der Waals surface area (Å²) in [5.74, 6) is 1.55. The lowest BCUT2D eigenvalue weighted by atomic mass is 9.77. The molecule has 1 unspecified atom stereocenters.